The number of hydrogen-bond donors (Lipinski definition) is 0. The van der Waals surface area contributed by atoms with E-state index in [1.54, 1.807) is 6.07 Å². The molecule has 0 aliphatic heterocycles. The Labute approximate surface area is 272 Å². The molecule has 0 amide bonds. The van der Waals surface area contributed by atoms with E-state index in [1.165, 1.54) is 27.1 Å². The zero-order chi connectivity index (χ0) is 31.9. The summed E-state index contributed by atoms with van der Waals surface area (Å²) in [7, 11) is 0. The number of benzene rings is 8. The van der Waals surface area contributed by atoms with E-state index >= 15 is 0 Å². The van der Waals surface area contributed by atoms with E-state index in [1.807, 2.05) is 24.3 Å². The highest BCUT2D eigenvalue weighted by molar-refractivity contribution is 6.08. The van der Waals surface area contributed by atoms with Crippen molar-refractivity contribution in [3.63, 3.8) is 0 Å². The molecule has 224 valence electrons. The van der Waals surface area contributed by atoms with Crippen LogP contribution < -0.4 is 4.90 Å². The smallest absolute Gasteiger partial charge is 0.277 e. The standard InChI is InChI=1S/C43H30N2O2/c1-43(2)39-25-32-23-35(20-17-31(32)24-38(39)42-37-14-8-7-13-36(37)41(45(46)47)26-40(42)43)44(33-18-15-27-9-3-5-11-29(27)21-33)34-19-16-28-10-4-6-12-30(28)22-34/h3-26H,1-2H3. The molecule has 4 nitrogen and oxygen atoms in total. The minimum absolute atomic E-state index is 0.161. The van der Waals surface area contributed by atoms with Gasteiger partial charge in [-0.15, -0.1) is 0 Å². The highest BCUT2D eigenvalue weighted by Gasteiger charge is 2.39. The Balaban J connectivity index is 1.25. The summed E-state index contributed by atoms with van der Waals surface area (Å²) in [4.78, 5) is 14.3. The van der Waals surface area contributed by atoms with E-state index in [2.05, 4.69) is 134 Å². The van der Waals surface area contributed by atoms with Crippen LogP contribution in [0, 0.1) is 10.1 Å². The Bertz CT molecular complexity index is 2520. The molecule has 0 N–H and O–H groups in total. The van der Waals surface area contributed by atoms with Gasteiger partial charge < -0.3 is 4.90 Å². The molecule has 8 aromatic rings. The lowest BCUT2D eigenvalue weighted by Gasteiger charge is -2.27. The highest BCUT2D eigenvalue weighted by atomic mass is 16.6. The summed E-state index contributed by atoms with van der Waals surface area (Å²) in [5, 5.41) is 20.8. The van der Waals surface area contributed by atoms with Crippen molar-refractivity contribution in [1.29, 1.82) is 0 Å². The predicted molar refractivity (Wildman–Crippen MR) is 195 cm³/mol. The van der Waals surface area contributed by atoms with E-state index in [-0.39, 0.29) is 10.6 Å². The van der Waals surface area contributed by atoms with Crippen LogP contribution in [-0.4, -0.2) is 4.92 Å². The van der Waals surface area contributed by atoms with Crippen LogP contribution in [-0.2, 0) is 5.41 Å². The lowest BCUT2D eigenvalue weighted by molar-refractivity contribution is -0.383. The molecule has 0 unspecified atom stereocenters. The normalized spacial score (nSPS) is 13.2. The Kier molecular flexibility index (Phi) is 5.81. The molecule has 0 saturated heterocycles. The first-order valence-electron chi connectivity index (χ1n) is 15.9. The number of hydrogen-bond acceptors (Lipinski definition) is 3. The fraction of sp³-hybridized carbons (Fsp3) is 0.0698. The molecular formula is C43H30N2O2. The predicted octanol–water partition coefficient (Wildman–Crippen LogP) is 12.0. The van der Waals surface area contributed by atoms with Gasteiger partial charge in [-0.25, -0.2) is 0 Å². The van der Waals surface area contributed by atoms with E-state index in [4.69, 9.17) is 0 Å². The second-order valence-electron chi connectivity index (χ2n) is 13.1. The zero-order valence-electron chi connectivity index (χ0n) is 26.1. The van der Waals surface area contributed by atoms with Crippen LogP contribution in [0.1, 0.15) is 25.0 Å². The minimum atomic E-state index is -0.403. The molecule has 8 aromatic carbocycles. The summed E-state index contributed by atoms with van der Waals surface area (Å²) in [6.45, 7) is 4.37. The highest BCUT2D eigenvalue weighted by Crippen LogP contribution is 2.54. The summed E-state index contributed by atoms with van der Waals surface area (Å²) in [6, 6.07) is 51.0. The van der Waals surface area contributed by atoms with Gasteiger partial charge in [0, 0.05) is 28.5 Å². The van der Waals surface area contributed by atoms with E-state index in [9.17, 15) is 10.1 Å². The zero-order valence-corrected chi connectivity index (χ0v) is 26.1. The first-order chi connectivity index (χ1) is 22.9. The van der Waals surface area contributed by atoms with Crippen molar-refractivity contribution in [3.8, 4) is 11.1 Å². The van der Waals surface area contributed by atoms with Crippen molar-refractivity contribution in [2.24, 2.45) is 0 Å². The fourth-order valence-corrected chi connectivity index (χ4v) is 7.66. The molecule has 47 heavy (non-hydrogen) atoms. The third-order valence-electron chi connectivity index (χ3n) is 10.0. The number of nitro benzene ring substituents is 1. The third-order valence-corrected chi connectivity index (χ3v) is 10.0. The average Bonchev–Trinajstić information content (AvgIpc) is 3.32. The summed E-state index contributed by atoms with van der Waals surface area (Å²) >= 11 is 0. The van der Waals surface area contributed by atoms with Crippen LogP contribution >= 0.6 is 0 Å². The van der Waals surface area contributed by atoms with Crippen LogP contribution in [0.3, 0.4) is 0 Å². The Hall–Kier alpha value is -6.00. The molecule has 0 atom stereocenters. The van der Waals surface area contributed by atoms with E-state index in [0.717, 1.165) is 49.9 Å². The van der Waals surface area contributed by atoms with Gasteiger partial charge >= 0.3 is 0 Å². The first kappa shape index (κ1) is 27.3. The van der Waals surface area contributed by atoms with Gasteiger partial charge in [0.1, 0.15) is 0 Å². The monoisotopic (exact) mass is 606 g/mol. The van der Waals surface area contributed by atoms with E-state index in [0.29, 0.717) is 5.39 Å². The Morgan fingerprint density at radius 3 is 1.60 bits per heavy atom. The maximum atomic E-state index is 12.2. The molecule has 0 spiro atoms. The van der Waals surface area contributed by atoms with Crippen molar-refractivity contribution in [3.05, 3.63) is 167 Å². The molecule has 4 heteroatoms. The average molecular weight is 607 g/mol. The molecule has 0 saturated carbocycles. The molecule has 0 fully saturated rings. The van der Waals surface area contributed by atoms with Gasteiger partial charge in [-0.1, -0.05) is 98.8 Å². The second kappa shape index (κ2) is 10.0. The van der Waals surface area contributed by atoms with Crippen molar-refractivity contribution in [2.45, 2.75) is 19.3 Å². The minimum Gasteiger partial charge on any atom is -0.310 e. The van der Waals surface area contributed by atoms with Crippen LogP contribution in [0.4, 0.5) is 22.7 Å². The van der Waals surface area contributed by atoms with Crippen LogP contribution in [0.15, 0.2) is 146 Å². The third kappa shape index (κ3) is 4.15. The van der Waals surface area contributed by atoms with Crippen LogP contribution in [0.2, 0.25) is 0 Å². The first-order valence-corrected chi connectivity index (χ1v) is 15.9. The van der Waals surface area contributed by atoms with Crippen molar-refractivity contribution in [1.82, 2.24) is 0 Å². The molecule has 0 radical (unpaired) electrons. The maximum Gasteiger partial charge on any atom is 0.277 e. The number of rotatable bonds is 4. The SMILES string of the molecule is CC1(C)c2cc3cc(N(c4ccc5ccccc5c4)c4ccc5ccccc5c4)ccc3cc2-c2c1cc([N+](=O)[O-])c1ccccc21. The Morgan fingerprint density at radius 1 is 0.511 bits per heavy atom. The number of anilines is 3. The molecule has 1 aliphatic carbocycles. The second-order valence-corrected chi connectivity index (χ2v) is 13.1. The molecule has 1 aliphatic rings. The summed E-state index contributed by atoms with van der Waals surface area (Å²) in [5.74, 6) is 0. The van der Waals surface area contributed by atoms with Gasteiger partial charge in [0.15, 0.2) is 0 Å². The van der Waals surface area contributed by atoms with Gasteiger partial charge in [-0.3, -0.25) is 10.1 Å². The fourth-order valence-electron chi connectivity index (χ4n) is 7.66. The van der Waals surface area contributed by atoms with Crippen LogP contribution in [0.5, 0.6) is 0 Å². The maximum absolute atomic E-state index is 12.2. The van der Waals surface area contributed by atoms with E-state index < -0.39 is 5.41 Å². The summed E-state index contributed by atoms with van der Waals surface area (Å²) < 4.78 is 0. The van der Waals surface area contributed by atoms with Crippen LogP contribution in [0.25, 0.3) is 54.2 Å². The lowest BCUT2D eigenvalue weighted by Crippen LogP contribution is -2.15. The van der Waals surface area contributed by atoms with Crippen molar-refractivity contribution in [2.75, 3.05) is 4.90 Å². The van der Waals surface area contributed by atoms with Gasteiger partial charge in [0.25, 0.3) is 5.69 Å². The van der Waals surface area contributed by atoms with Gasteiger partial charge in [-0.2, -0.15) is 0 Å². The van der Waals surface area contributed by atoms with Crippen molar-refractivity contribution >= 4 is 65.8 Å². The van der Waals surface area contributed by atoms with Gasteiger partial charge in [-0.05, 0) is 115 Å². The summed E-state index contributed by atoms with van der Waals surface area (Å²) in [5.41, 5.74) is 7.44. The molecular weight excluding hydrogens is 576 g/mol. The van der Waals surface area contributed by atoms with Gasteiger partial charge in [0.2, 0.25) is 0 Å². The van der Waals surface area contributed by atoms with Gasteiger partial charge in [0.05, 0.1) is 10.3 Å². The number of nitrogens with zero attached hydrogens (tertiary/aromatic N) is 2. The quantitative estimate of drug-likeness (QED) is 0.148. The largest absolute Gasteiger partial charge is 0.310 e. The lowest BCUT2D eigenvalue weighted by atomic mass is 9.81. The molecule has 9 rings (SSSR count). The summed E-state index contributed by atoms with van der Waals surface area (Å²) in [6.07, 6.45) is 0. The Morgan fingerprint density at radius 2 is 1.00 bits per heavy atom. The number of non-ortho nitro benzene ring substituents is 1. The molecule has 0 aromatic heterocycles. The molecule has 0 bridgehead atoms. The number of fused-ring (bicyclic) bond motifs is 8. The molecule has 0 heterocycles. The van der Waals surface area contributed by atoms with Crippen molar-refractivity contribution < 1.29 is 4.92 Å². The topological polar surface area (TPSA) is 46.4 Å². The number of nitro groups is 1.